The third-order valence-corrected chi connectivity index (χ3v) is 3.27. The number of nitrogens with one attached hydrogen (secondary N) is 1. The van der Waals surface area contributed by atoms with E-state index in [1.54, 1.807) is 6.07 Å². The van der Waals surface area contributed by atoms with Crippen molar-refractivity contribution in [3.63, 3.8) is 0 Å². The fourth-order valence-corrected chi connectivity index (χ4v) is 2.03. The summed E-state index contributed by atoms with van der Waals surface area (Å²) < 4.78 is 0. The minimum absolute atomic E-state index is 0.287. The Bertz CT molecular complexity index is 378. The van der Waals surface area contributed by atoms with Crippen molar-refractivity contribution in [2.45, 2.75) is 40.0 Å². The molecule has 5 heteroatoms. The zero-order chi connectivity index (χ0) is 14.3. The summed E-state index contributed by atoms with van der Waals surface area (Å²) in [6.07, 6.45) is 1.10. The van der Waals surface area contributed by atoms with Crippen molar-refractivity contribution < 1.29 is 0 Å². The average molecular weight is 285 g/mol. The monoisotopic (exact) mass is 284 g/mol. The zero-order valence-electron chi connectivity index (χ0n) is 12.4. The molecule has 1 rings (SSSR count). The summed E-state index contributed by atoms with van der Waals surface area (Å²) in [7, 11) is 0. The van der Waals surface area contributed by atoms with Gasteiger partial charge in [-0.15, -0.1) is 0 Å². The number of hydrogen-bond donors (Lipinski definition) is 1. The third-order valence-electron chi connectivity index (χ3n) is 3.08. The highest BCUT2D eigenvalue weighted by atomic mass is 35.5. The van der Waals surface area contributed by atoms with Crippen LogP contribution in [0.1, 0.15) is 45.9 Å². The SMILES string of the molecule is CCN(CC)CCCNc1cc(Cl)nc(C(C)C)n1. The van der Waals surface area contributed by atoms with Crippen LogP contribution in [0.4, 0.5) is 5.82 Å². The first kappa shape index (κ1) is 16.2. The predicted octanol–water partition coefficient (Wildman–Crippen LogP) is 3.40. The molecule has 0 fully saturated rings. The Kier molecular flexibility index (Phi) is 7.10. The lowest BCUT2D eigenvalue weighted by atomic mass is 10.2. The van der Waals surface area contributed by atoms with Gasteiger partial charge in [0.15, 0.2) is 0 Å². The number of rotatable bonds is 8. The van der Waals surface area contributed by atoms with Crippen molar-refractivity contribution in [2.24, 2.45) is 0 Å². The van der Waals surface area contributed by atoms with E-state index >= 15 is 0 Å². The van der Waals surface area contributed by atoms with E-state index in [4.69, 9.17) is 11.6 Å². The number of anilines is 1. The summed E-state index contributed by atoms with van der Waals surface area (Å²) in [6.45, 7) is 12.7. The molecule has 19 heavy (non-hydrogen) atoms. The van der Waals surface area contributed by atoms with Crippen molar-refractivity contribution in [1.82, 2.24) is 14.9 Å². The molecule has 1 N–H and O–H groups in total. The molecule has 0 aliphatic rings. The standard InChI is InChI=1S/C14H25ClN4/c1-5-19(6-2)9-7-8-16-13-10-12(15)17-14(18-13)11(3)4/h10-11H,5-9H2,1-4H3,(H,16,17,18). The van der Waals surface area contributed by atoms with Gasteiger partial charge in [-0.05, 0) is 26.1 Å². The number of nitrogens with zero attached hydrogens (tertiary/aromatic N) is 3. The molecule has 4 nitrogen and oxygen atoms in total. The Morgan fingerprint density at radius 1 is 1.26 bits per heavy atom. The van der Waals surface area contributed by atoms with Crippen molar-refractivity contribution in [2.75, 3.05) is 31.5 Å². The molecule has 0 radical (unpaired) electrons. The molecule has 108 valence electrons. The Morgan fingerprint density at radius 2 is 1.95 bits per heavy atom. The quantitative estimate of drug-likeness (QED) is 0.587. The third kappa shape index (κ3) is 5.74. The molecule has 0 aliphatic heterocycles. The van der Waals surface area contributed by atoms with Gasteiger partial charge in [0.05, 0.1) is 0 Å². The van der Waals surface area contributed by atoms with Gasteiger partial charge in [-0.25, -0.2) is 9.97 Å². The number of halogens is 1. The maximum absolute atomic E-state index is 6.00. The first-order valence-electron chi connectivity index (χ1n) is 7.07. The predicted molar refractivity (Wildman–Crippen MR) is 82.0 cm³/mol. The minimum atomic E-state index is 0.287. The van der Waals surface area contributed by atoms with Crippen LogP contribution in [0.3, 0.4) is 0 Å². The van der Waals surface area contributed by atoms with Gasteiger partial charge in [0, 0.05) is 18.5 Å². The van der Waals surface area contributed by atoms with Gasteiger partial charge in [-0.3, -0.25) is 0 Å². The second kappa shape index (κ2) is 8.33. The molecule has 0 aromatic carbocycles. The molecule has 0 amide bonds. The van der Waals surface area contributed by atoms with Crippen molar-refractivity contribution >= 4 is 17.4 Å². The van der Waals surface area contributed by atoms with Gasteiger partial charge in [0.1, 0.15) is 16.8 Å². The van der Waals surface area contributed by atoms with Gasteiger partial charge >= 0.3 is 0 Å². The fourth-order valence-electron chi connectivity index (χ4n) is 1.84. The van der Waals surface area contributed by atoms with Gasteiger partial charge in [0.25, 0.3) is 0 Å². The van der Waals surface area contributed by atoms with E-state index in [-0.39, 0.29) is 5.92 Å². The van der Waals surface area contributed by atoms with Crippen LogP contribution in [0.25, 0.3) is 0 Å². The van der Waals surface area contributed by atoms with Crippen LogP contribution in [0.15, 0.2) is 6.07 Å². The molecule has 0 saturated heterocycles. The first-order chi connectivity index (χ1) is 9.06. The average Bonchev–Trinajstić information content (AvgIpc) is 2.38. The molecular formula is C14H25ClN4. The second-order valence-corrected chi connectivity index (χ2v) is 5.28. The van der Waals surface area contributed by atoms with Crippen LogP contribution in [0.2, 0.25) is 5.15 Å². The maximum Gasteiger partial charge on any atom is 0.135 e. The van der Waals surface area contributed by atoms with Crippen LogP contribution < -0.4 is 5.32 Å². The molecule has 1 aromatic heterocycles. The number of hydrogen-bond acceptors (Lipinski definition) is 4. The van der Waals surface area contributed by atoms with Crippen LogP contribution >= 0.6 is 11.6 Å². The largest absolute Gasteiger partial charge is 0.370 e. The Morgan fingerprint density at radius 3 is 2.53 bits per heavy atom. The van der Waals surface area contributed by atoms with Gasteiger partial charge in [-0.2, -0.15) is 0 Å². The molecule has 0 aliphatic carbocycles. The maximum atomic E-state index is 6.00. The second-order valence-electron chi connectivity index (χ2n) is 4.90. The first-order valence-corrected chi connectivity index (χ1v) is 7.45. The van der Waals surface area contributed by atoms with E-state index < -0.39 is 0 Å². The van der Waals surface area contributed by atoms with E-state index in [9.17, 15) is 0 Å². The lowest BCUT2D eigenvalue weighted by Crippen LogP contribution is -2.25. The Hall–Kier alpha value is -0.870. The van der Waals surface area contributed by atoms with Crippen molar-refractivity contribution in [3.8, 4) is 0 Å². The molecule has 1 aromatic rings. The summed E-state index contributed by atoms with van der Waals surface area (Å²) >= 11 is 6.00. The lowest BCUT2D eigenvalue weighted by molar-refractivity contribution is 0.303. The van der Waals surface area contributed by atoms with Crippen LogP contribution in [-0.4, -0.2) is 41.0 Å². The molecular weight excluding hydrogens is 260 g/mol. The minimum Gasteiger partial charge on any atom is -0.370 e. The van der Waals surface area contributed by atoms with Gasteiger partial charge in [-0.1, -0.05) is 39.3 Å². The zero-order valence-corrected chi connectivity index (χ0v) is 13.2. The summed E-state index contributed by atoms with van der Waals surface area (Å²) in [5.41, 5.74) is 0. The highest BCUT2D eigenvalue weighted by molar-refractivity contribution is 6.29. The lowest BCUT2D eigenvalue weighted by Gasteiger charge is -2.18. The van der Waals surface area contributed by atoms with E-state index in [1.807, 2.05) is 0 Å². The smallest absolute Gasteiger partial charge is 0.135 e. The number of aromatic nitrogens is 2. The summed E-state index contributed by atoms with van der Waals surface area (Å²) in [4.78, 5) is 11.1. The van der Waals surface area contributed by atoms with Gasteiger partial charge < -0.3 is 10.2 Å². The highest BCUT2D eigenvalue weighted by Crippen LogP contribution is 2.16. The topological polar surface area (TPSA) is 41.0 Å². The summed E-state index contributed by atoms with van der Waals surface area (Å²) in [5.74, 6) is 1.90. The van der Waals surface area contributed by atoms with Crippen LogP contribution in [-0.2, 0) is 0 Å². The molecule has 0 unspecified atom stereocenters. The van der Waals surface area contributed by atoms with Crippen molar-refractivity contribution in [1.29, 1.82) is 0 Å². The highest BCUT2D eigenvalue weighted by Gasteiger charge is 2.06. The molecule has 0 spiro atoms. The van der Waals surface area contributed by atoms with E-state index in [0.29, 0.717) is 5.15 Å². The van der Waals surface area contributed by atoms with Crippen molar-refractivity contribution in [3.05, 3.63) is 17.0 Å². The molecule has 1 heterocycles. The molecule has 0 atom stereocenters. The summed E-state index contributed by atoms with van der Waals surface area (Å²) in [5, 5.41) is 3.83. The molecule has 0 bridgehead atoms. The Balaban J connectivity index is 2.45. The van der Waals surface area contributed by atoms with Gasteiger partial charge in [0.2, 0.25) is 0 Å². The normalized spacial score (nSPS) is 11.3. The summed E-state index contributed by atoms with van der Waals surface area (Å²) in [6, 6.07) is 1.78. The van der Waals surface area contributed by atoms with E-state index in [1.165, 1.54) is 0 Å². The van der Waals surface area contributed by atoms with E-state index in [0.717, 1.165) is 44.2 Å². The van der Waals surface area contributed by atoms with Crippen LogP contribution in [0.5, 0.6) is 0 Å². The fraction of sp³-hybridized carbons (Fsp3) is 0.714. The molecule has 0 saturated carbocycles. The van der Waals surface area contributed by atoms with Crippen LogP contribution in [0, 0.1) is 0 Å². The van der Waals surface area contributed by atoms with E-state index in [2.05, 4.69) is 47.9 Å². The Labute approximate surface area is 121 Å².